The summed E-state index contributed by atoms with van der Waals surface area (Å²) in [5, 5.41) is 3.12. The molecule has 0 saturated carbocycles. The van der Waals surface area contributed by atoms with Crippen molar-refractivity contribution < 1.29 is 13.2 Å². The second-order valence-electron chi connectivity index (χ2n) is 4.32. The molecule has 1 N–H and O–H groups in total. The number of aromatic nitrogens is 2. The van der Waals surface area contributed by atoms with E-state index < -0.39 is 23.5 Å². The fourth-order valence-electron chi connectivity index (χ4n) is 1.88. The van der Waals surface area contributed by atoms with E-state index in [-0.39, 0.29) is 5.56 Å². The van der Waals surface area contributed by atoms with Crippen LogP contribution in [0.1, 0.15) is 30.6 Å². The molecule has 0 amide bonds. The largest absolute Gasteiger partial charge is 0.305 e. The van der Waals surface area contributed by atoms with Crippen molar-refractivity contribution in [2.24, 2.45) is 0 Å². The summed E-state index contributed by atoms with van der Waals surface area (Å²) < 4.78 is 39.7. The summed E-state index contributed by atoms with van der Waals surface area (Å²) in [7, 11) is 0. The zero-order chi connectivity index (χ0) is 14.5. The SMILES string of the molecule is CCCNC(c1cc(F)c(F)c(F)c1)c1cnccn1. The molecule has 1 aromatic carbocycles. The number of rotatable bonds is 5. The van der Waals surface area contributed by atoms with Gasteiger partial charge in [0.1, 0.15) is 0 Å². The van der Waals surface area contributed by atoms with Crippen molar-refractivity contribution in [2.45, 2.75) is 19.4 Å². The highest BCUT2D eigenvalue weighted by atomic mass is 19.2. The van der Waals surface area contributed by atoms with Gasteiger partial charge >= 0.3 is 0 Å². The van der Waals surface area contributed by atoms with Crippen molar-refractivity contribution in [3.63, 3.8) is 0 Å². The molecule has 0 radical (unpaired) electrons. The van der Waals surface area contributed by atoms with Crippen LogP contribution in [0.3, 0.4) is 0 Å². The summed E-state index contributed by atoms with van der Waals surface area (Å²) in [6, 6.07) is 1.41. The van der Waals surface area contributed by atoms with Crippen LogP contribution >= 0.6 is 0 Å². The Kier molecular flexibility index (Phi) is 4.68. The lowest BCUT2D eigenvalue weighted by molar-refractivity contribution is 0.442. The Bertz CT molecular complexity index is 552. The molecule has 3 nitrogen and oxygen atoms in total. The van der Waals surface area contributed by atoms with Crippen molar-refractivity contribution in [2.75, 3.05) is 6.54 Å². The third-order valence-electron chi connectivity index (χ3n) is 2.82. The maximum atomic E-state index is 13.4. The molecular weight excluding hydrogens is 267 g/mol. The van der Waals surface area contributed by atoms with Gasteiger partial charge in [-0.1, -0.05) is 6.92 Å². The fraction of sp³-hybridized carbons (Fsp3) is 0.286. The van der Waals surface area contributed by atoms with E-state index in [2.05, 4.69) is 15.3 Å². The summed E-state index contributed by atoms with van der Waals surface area (Å²) >= 11 is 0. The van der Waals surface area contributed by atoms with Gasteiger partial charge in [0.25, 0.3) is 0 Å². The van der Waals surface area contributed by atoms with Crippen LogP contribution in [0.2, 0.25) is 0 Å². The Morgan fingerprint density at radius 2 is 1.85 bits per heavy atom. The number of hydrogen-bond donors (Lipinski definition) is 1. The molecule has 0 saturated heterocycles. The maximum Gasteiger partial charge on any atom is 0.194 e. The van der Waals surface area contributed by atoms with Crippen LogP contribution in [0.25, 0.3) is 0 Å². The minimum Gasteiger partial charge on any atom is -0.305 e. The lowest BCUT2D eigenvalue weighted by Crippen LogP contribution is -2.24. The first-order valence-corrected chi connectivity index (χ1v) is 6.27. The van der Waals surface area contributed by atoms with Gasteiger partial charge < -0.3 is 5.32 Å². The van der Waals surface area contributed by atoms with Crippen LogP contribution in [-0.2, 0) is 0 Å². The molecule has 0 aliphatic carbocycles. The number of halogens is 3. The highest BCUT2D eigenvalue weighted by molar-refractivity contribution is 5.28. The molecule has 106 valence electrons. The smallest absolute Gasteiger partial charge is 0.194 e. The van der Waals surface area contributed by atoms with E-state index >= 15 is 0 Å². The summed E-state index contributed by atoms with van der Waals surface area (Å²) in [6.45, 7) is 2.59. The van der Waals surface area contributed by atoms with Crippen LogP contribution in [0.5, 0.6) is 0 Å². The zero-order valence-electron chi connectivity index (χ0n) is 10.9. The first-order valence-electron chi connectivity index (χ1n) is 6.27. The van der Waals surface area contributed by atoms with Gasteiger partial charge in [-0.3, -0.25) is 9.97 Å². The minimum atomic E-state index is -1.47. The van der Waals surface area contributed by atoms with E-state index in [9.17, 15) is 13.2 Å². The van der Waals surface area contributed by atoms with Gasteiger partial charge in [-0.2, -0.15) is 0 Å². The Morgan fingerprint density at radius 3 is 2.40 bits per heavy atom. The molecular formula is C14H14F3N3. The molecule has 1 unspecified atom stereocenters. The molecule has 1 aromatic heterocycles. The summed E-state index contributed by atoms with van der Waals surface area (Å²) in [6.07, 6.45) is 5.34. The van der Waals surface area contributed by atoms with Crippen LogP contribution in [-0.4, -0.2) is 16.5 Å². The Balaban J connectivity index is 2.41. The molecule has 2 aromatic rings. The predicted octanol–water partition coefficient (Wildman–Crippen LogP) is 2.98. The van der Waals surface area contributed by atoms with Crippen LogP contribution in [0.15, 0.2) is 30.7 Å². The monoisotopic (exact) mass is 281 g/mol. The van der Waals surface area contributed by atoms with Gasteiger partial charge in [-0.25, -0.2) is 13.2 Å². The maximum absolute atomic E-state index is 13.4. The molecule has 0 spiro atoms. The molecule has 2 rings (SSSR count). The number of nitrogens with one attached hydrogen (secondary N) is 1. The topological polar surface area (TPSA) is 37.8 Å². The van der Waals surface area contributed by atoms with Gasteiger partial charge in [-0.05, 0) is 30.7 Å². The standard InChI is InChI=1S/C14H14F3N3/c1-2-3-20-14(12-8-18-4-5-19-12)9-6-10(15)13(17)11(16)7-9/h4-8,14,20H,2-3H2,1H3. The van der Waals surface area contributed by atoms with Crippen molar-refractivity contribution in [1.29, 1.82) is 0 Å². The van der Waals surface area contributed by atoms with Gasteiger partial charge in [0.2, 0.25) is 0 Å². The van der Waals surface area contributed by atoms with Crippen molar-refractivity contribution >= 4 is 0 Å². The fourth-order valence-corrected chi connectivity index (χ4v) is 1.88. The second kappa shape index (κ2) is 6.47. The lowest BCUT2D eigenvalue weighted by atomic mass is 10.0. The average molecular weight is 281 g/mol. The van der Waals surface area contributed by atoms with Crippen LogP contribution in [0, 0.1) is 17.5 Å². The Labute approximate surface area is 114 Å². The molecule has 6 heteroatoms. The third kappa shape index (κ3) is 3.14. The average Bonchev–Trinajstić information content (AvgIpc) is 2.46. The van der Waals surface area contributed by atoms with Crippen molar-refractivity contribution in [1.82, 2.24) is 15.3 Å². The van der Waals surface area contributed by atoms with Gasteiger partial charge in [0.05, 0.1) is 17.9 Å². The van der Waals surface area contributed by atoms with Gasteiger partial charge in [-0.15, -0.1) is 0 Å². The van der Waals surface area contributed by atoms with Crippen molar-refractivity contribution in [3.8, 4) is 0 Å². The molecule has 1 heterocycles. The van der Waals surface area contributed by atoms with Gasteiger partial charge in [0, 0.05) is 12.4 Å². The Hall–Kier alpha value is -1.95. The van der Waals surface area contributed by atoms with Gasteiger partial charge in [0.15, 0.2) is 17.5 Å². The van der Waals surface area contributed by atoms with E-state index in [1.54, 1.807) is 0 Å². The van der Waals surface area contributed by atoms with E-state index in [0.717, 1.165) is 18.6 Å². The van der Waals surface area contributed by atoms with Crippen LogP contribution in [0.4, 0.5) is 13.2 Å². The van der Waals surface area contributed by atoms with Crippen molar-refractivity contribution in [3.05, 3.63) is 59.4 Å². The summed E-state index contributed by atoms with van der Waals surface area (Å²) in [5.74, 6) is -3.90. The molecule has 0 aliphatic rings. The quantitative estimate of drug-likeness (QED) is 0.856. The zero-order valence-corrected chi connectivity index (χ0v) is 10.9. The first kappa shape index (κ1) is 14.5. The summed E-state index contributed by atoms with van der Waals surface area (Å²) in [5.41, 5.74) is 0.793. The first-order chi connectivity index (χ1) is 9.63. The minimum absolute atomic E-state index is 0.273. The number of hydrogen-bond acceptors (Lipinski definition) is 3. The molecule has 0 bridgehead atoms. The van der Waals surface area contributed by atoms with E-state index in [0.29, 0.717) is 12.2 Å². The Morgan fingerprint density at radius 1 is 1.15 bits per heavy atom. The third-order valence-corrected chi connectivity index (χ3v) is 2.82. The molecule has 0 fully saturated rings. The number of nitrogens with zero attached hydrogens (tertiary/aromatic N) is 2. The molecule has 0 aliphatic heterocycles. The lowest BCUT2D eigenvalue weighted by Gasteiger charge is -2.18. The predicted molar refractivity (Wildman–Crippen MR) is 68.5 cm³/mol. The highest BCUT2D eigenvalue weighted by Crippen LogP contribution is 2.23. The van der Waals surface area contributed by atoms with E-state index in [1.165, 1.54) is 18.6 Å². The second-order valence-corrected chi connectivity index (χ2v) is 4.32. The molecule has 20 heavy (non-hydrogen) atoms. The molecule has 1 atom stereocenters. The van der Waals surface area contributed by atoms with Crippen LogP contribution < -0.4 is 5.32 Å². The summed E-state index contributed by atoms with van der Waals surface area (Å²) in [4.78, 5) is 8.06. The van der Waals surface area contributed by atoms with E-state index in [4.69, 9.17) is 0 Å². The van der Waals surface area contributed by atoms with E-state index in [1.807, 2.05) is 6.92 Å². The number of benzene rings is 1. The highest BCUT2D eigenvalue weighted by Gasteiger charge is 2.19. The normalized spacial score (nSPS) is 12.4.